The van der Waals surface area contributed by atoms with Crippen LogP contribution in [0.4, 0.5) is 10.1 Å². The minimum Gasteiger partial charge on any atom is -0.496 e. The number of aliphatic hydroxyl groups excluding tert-OH is 1. The normalized spacial score (nSPS) is 16.5. The predicted molar refractivity (Wildman–Crippen MR) is 121 cm³/mol. The molecule has 3 N–H and O–H groups in total. The first-order valence-electron chi connectivity index (χ1n) is 10.9. The maximum Gasteiger partial charge on any atom is 0.162 e. The lowest BCUT2D eigenvalue weighted by Crippen LogP contribution is -2.40. The van der Waals surface area contributed by atoms with E-state index in [1.165, 1.54) is 31.5 Å². The minimum absolute atomic E-state index is 0.219. The van der Waals surface area contributed by atoms with Crippen LogP contribution in [0.2, 0.25) is 0 Å². The highest BCUT2D eigenvalue weighted by molar-refractivity contribution is 5.78. The number of ether oxygens (including phenoxy) is 2. The molecule has 1 aliphatic rings. The van der Waals surface area contributed by atoms with Gasteiger partial charge in [-0.2, -0.15) is 10.2 Å². The monoisotopic (exact) mass is 468 g/mol. The number of hydrogen-bond acceptors (Lipinski definition) is 8. The van der Waals surface area contributed by atoms with Crippen LogP contribution in [0.1, 0.15) is 24.6 Å². The Kier molecular flexibility index (Phi) is 5.90. The Hall–Kier alpha value is -3.54. The van der Waals surface area contributed by atoms with Crippen molar-refractivity contribution in [2.75, 3.05) is 25.6 Å². The summed E-state index contributed by atoms with van der Waals surface area (Å²) in [5.41, 5.74) is 1.20. The number of aliphatic hydroxyl groups is 2. The Morgan fingerprint density at radius 2 is 2.15 bits per heavy atom. The lowest BCUT2D eigenvalue weighted by molar-refractivity contribution is -0.0744. The minimum atomic E-state index is -1.17. The largest absolute Gasteiger partial charge is 0.496 e. The molecule has 0 radical (unpaired) electrons. The second kappa shape index (κ2) is 9.01. The van der Waals surface area contributed by atoms with Crippen LogP contribution >= 0.6 is 0 Å². The van der Waals surface area contributed by atoms with Crippen molar-refractivity contribution in [3.8, 4) is 17.0 Å². The van der Waals surface area contributed by atoms with Gasteiger partial charge in [-0.3, -0.25) is 4.68 Å². The number of benzene rings is 1. The van der Waals surface area contributed by atoms with E-state index in [0.717, 1.165) is 0 Å². The van der Waals surface area contributed by atoms with Gasteiger partial charge in [0.1, 0.15) is 17.3 Å². The Bertz CT molecular complexity index is 1300. The molecule has 1 aromatic carbocycles. The van der Waals surface area contributed by atoms with Gasteiger partial charge in [-0.05, 0) is 24.3 Å². The highest BCUT2D eigenvalue weighted by Gasteiger charge is 2.31. The van der Waals surface area contributed by atoms with Crippen LogP contribution in [0, 0.1) is 5.82 Å². The highest BCUT2D eigenvalue weighted by Crippen LogP contribution is 2.36. The number of anilines is 1. The molecule has 0 amide bonds. The van der Waals surface area contributed by atoms with Crippen LogP contribution in [0.5, 0.6) is 5.75 Å². The summed E-state index contributed by atoms with van der Waals surface area (Å²) in [4.78, 5) is 4.28. The lowest BCUT2D eigenvalue weighted by atomic mass is 9.94. The zero-order valence-corrected chi connectivity index (χ0v) is 18.6. The second-order valence-corrected chi connectivity index (χ2v) is 8.30. The molecular weight excluding hydrogens is 443 g/mol. The number of halogens is 1. The summed E-state index contributed by atoms with van der Waals surface area (Å²) in [6.07, 6.45) is 6.33. The van der Waals surface area contributed by atoms with Crippen molar-refractivity contribution in [1.82, 2.24) is 24.4 Å². The molecule has 4 heterocycles. The third-order valence-corrected chi connectivity index (χ3v) is 5.95. The Morgan fingerprint density at radius 3 is 2.94 bits per heavy atom. The molecule has 1 aliphatic heterocycles. The summed E-state index contributed by atoms with van der Waals surface area (Å²) in [6, 6.07) is 5.88. The van der Waals surface area contributed by atoms with Crippen molar-refractivity contribution in [2.24, 2.45) is 0 Å². The third-order valence-electron chi connectivity index (χ3n) is 5.95. The molecule has 1 atom stereocenters. The number of nitrogens with zero attached hydrogens (tertiary/aromatic N) is 5. The van der Waals surface area contributed by atoms with Crippen molar-refractivity contribution < 1.29 is 24.1 Å². The maximum atomic E-state index is 14.2. The molecule has 1 saturated heterocycles. The molecule has 1 unspecified atom stereocenters. The number of hydrogen-bond donors (Lipinski definition) is 3. The van der Waals surface area contributed by atoms with Gasteiger partial charge < -0.3 is 25.0 Å². The molecule has 5 rings (SSSR count). The van der Waals surface area contributed by atoms with Gasteiger partial charge in [-0.15, -0.1) is 0 Å². The van der Waals surface area contributed by atoms with E-state index in [9.17, 15) is 14.6 Å². The van der Waals surface area contributed by atoms with Gasteiger partial charge in [0.2, 0.25) is 0 Å². The Morgan fingerprint density at radius 1 is 1.32 bits per heavy atom. The van der Waals surface area contributed by atoms with Crippen LogP contribution < -0.4 is 10.1 Å². The first-order chi connectivity index (χ1) is 16.5. The fraction of sp³-hybridized carbons (Fsp3) is 0.348. The Balaban J connectivity index is 1.53. The van der Waals surface area contributed by atoms with Crippen LogP contribution in [0.15, 0.2) is 49.1 Å². The van der Waals surface area contributed by atoms with E-state index in [0.29, 0.717) is 60.0 Å². The maximum absolute atomic E-state index is 14.2. The second-order valence-electron chi connectivity index (χ2n) is 8.30. The molecule has 0 bridgehead atoms. The molecule has 178 valence electrons. The smallest absolute Gasteiger partial charge is 0.162 e. The fourth-order valence-electron chi connectivity index (χ4n) is 4.15. The van der Waals surface area contributed by atoms with Crippen LogP contribution in [-0.4, -0.2) is 60.5 Å². The average Bonchev–Trinajstić information content (AvgIpc) is 3.43. The van der Waals surface area contributed by atoms with E-state index in [1.54, 1.807) is 33.9 Å². The van der Waals surface area contributed by atoms with Crippen molar-refractivity contribution in [1.29, 1.82) is 0 Å². The van der Waals surface area contributed by atoms with Gasteiger partial charge in [0.15, 0.2) is 11.9 Å². The molecule has 0 aliphatic carbocycles. The number of fused-ring (bicyclic) bond motifs is 1. The summed E-state index contributed by atoms with van der Waals surface area (Å²) in [6.45, 7) is 1.15. The van der Waals surface area contributed by atoms with Gasteiger partial charge in [-0.1, -0.05) is 0 Å². The molecule has 34 heavy (non-hydrogen) atoms. The van der Waals surface area contributed by atoms with Gasteiger partial charge >= 0.3 is 0 Å². The zero-order valence-electron chi connectivity index (χ0n) is 18.6. The fourth-order valence-corrected chi connectivity index (χ4v) is 4.15. The summed E-state index contributed by atoms with van der Waals surface area (Å²) >= 11 is 0. The first kappa shape index (κ1) is 22.3. The molecule has 4 aromatic rings. The van der Waals surface area contributed by atoms with Crippen molar-refractivity contribution in [3.05, 3.63) is 60.4 Å². The molecular formula is C23H25FN6O4. The molecule has 0 spiro atoms. The SMILES string of the molecule is COc1ccc(F)cc1-c1nn(CC2(O)CCOCC2)cc1NC(O)c1cnn2cccnc12. The van der Waals surface area contributed by atoms with Gasteiger partial charge in [0.05, 0.1) is 36.7 Å². The summed E-state index contributed by atoms with van der Waals surface area (Å²) in [5, 5.41) is 33.8. The van der Waals surface area contributed by atoms with E-state index >= 15 is 0 Å². The topological polar surface area (TPSA) is 119 Å². The molecule has 11 heteroatoms. The summed E-state index contributed by atoms with van der Waals surface area (Å²) < 4.78 is 28.1. The zero-order chi connectivity index (χ0) is 23.7. The Labute approximate surface area is 194 Å². The number of methoxy groups -OCH3 is 1. The van der Waals surface area contributed by atoms with Gasteiger partial charge in [0.25, 0.3) is 0 Å². The third kappa shape index (κ3) is 4.32. The number of rotatable bonds is 7. The summed E-state index contributed by atoms with van der Waals surface area (Å²) in [7, 11) is 1.49. The van der Waals surface area contributed by atoms with Gasteiger partial charge in [0, 0.05) is 50.2 Å². The van der Waals surface area contributed by atoms with Crippen molar-refractivity contribution in [3.63, 3.8) is 0 Å². The van der Waals surface area contributed by atoms with Crippen LogP contribution in [0.25, 0.3) is 16.9 Å². The average molecular weight is 468 g/mol. The number of aromatic nitrogens is 5. The quantitative estimate of drug-likeness (QED) is 0.354. The highest BCUT2D eigenvalue weighted by atomic mass is 19.1. The lowest BCUT2D eigenvalue weighted by Gasteiger charge is -2.31. The predicted octanol–water partition coefficient (Wildman–Crippen LogP) is 2.39. The van der Waals surface area contributed by atoms with E-state index in [2.05, 4.69) is 20.5 Å². The van der Waals surface area contributed by atoms with Crippen LogP contribution in [-0.2, 0) is 11.3 Å². The van der Waals surface area contributed by atoms with Crippen molar-refractivity contribution in [2.45, 2.75) is 31.2 Å². The van der Waals surface area contributed by atoms with Gasteiger partial charge in [-0.25, -0.2) is 13.9 Å². The molecule has 1 fully saturated rings. The molecule has 3 aromatic heterocycles. The van der Waals surface area contributed by atoms with E-state index < -0.39 is 17.6 Å². The standard InChI is InChI=1S/C23H25FN6O4/c1-33-19-4-3-15(24)11-16(19)20-18(13-29(28-20)14-23(32)5-9-34-10-6-23)27-22(31)17-12-26-30-8-2-7-25-21(17)30/h2-4,7-8,11-13,22,27,31-32H,5-6,9-10,14H2,1H3. The van der Waals surface area contributed by atoms with E-state index in [-0.39, 0.29) is 6.54 Å². The summed E-state index contributed by atoms with van der Waals surface area (Å²) in [5.74, 6) is -0.0293. The molecule has 10 nitrogen and oxygen atoms in total. The first-order valence-corrected chi connectivity index (χ1v) is 10.9. The van der Waals surface area contributed by atoms with E-state index in [4.69, 9.17) is 9.47 Å². The molecule has 0 saturated carbocycles. The number of nitrogens with one attached hydrogen (secondary N) is 1. The van der Waals surface area contributed by atoms with Crippen LogP contribution in [0.3, 0.4) is 0 Å². The van der Waals surface area contributed by atoms with Crippen molar-refractivity contribution >= 4 is 11.3 Å². The van der Waals surface area contributed by atoms with E-state index in [1.807, 2.05) is 0 Å².